The van der Waals surface area contributed by atoms with Crippen LogP contribution in [0.15, 0.2) is 24.3 Å². The van der Waals surface area contributed by atoms with E-state index >= 15 is 0 Å². The zero-order chi connectivity index (χ0) is 12.3. The summed E-state index contributed by atoms with van der Waals surface area (Å²) in [6.07, 6.45) is 2.35. The summed E-state index contributed by atoms with van der Waals surface area (Å²) in [6.45, 7) is 3.42. The summed E-state index contributed by atoms with van der Waals surface area (Å²) in [5, 5.41) is 2.92. The molecule has 1 fully saturated rings. The highest BCUT2D eigenvalue weighted by atomic mass is 16.1. The molecular weight excluding hydrogens is 212 g/mol. The number of carbonyl (C=O) groups is 1. The average molecular weight is 232 g/mol. The topological polar surface area (TPSA) is 55.1 Å². The zero-order valence-corrected chi connectivity index (χ0v) is 10.3. The average Bonchev–Trinajstić information content (AvgIpc) is 2.52. The van der Waals surface area contributed by atoms with E-state index in [-0.39, 0.29) is 11.3 Å². The molecule has 92 valence electrons. The van der Waals surface area contributed by atoms with Gasteiger partial charge < -0.3 is 11.1 Å². The summed E-state index contributed by atoms with van der Waals surface area (Å²) in [7, 11) is 0. The van der Waals surface area contributed by atoms with Crippen molar-refractivity contribution in [1.82, 2.24) is 5.32 Å². The summed E-state index contributed by atoms with van der Waals surface area (Å²) in [5.74, 6) is 0.146. The predicted molar refractivity (Wildman–Crippen MR) is 68.8 cm³/mol. The van der Waals surface area contributed by atoms with Gasteiger partial charge in [-0.2, -0.15) is 0 Å². The number of aryl methyl sites for hydroxylation is 1. The smallest absolute Gasteiger partial charge is 0.220 e. The number of nitrogens with two attached hydrogens (primary N) is 1. The minimum atomic E-state index is -0.0365. The maximum Gasteiger partial charge on any atom is 0.220 e. The second-order valence-corrected chi connectivity index (χ2v) is 4.95. The van der Waals surface area contributed by atoms with Gasteiger partial charge in [-0.3, -0.25) is 4.79 Å². The maximum absolute atomic E-state index is 11.4. The molecule has 2 rings (SSSR count). The van der Waals surface area contributed by atoms with Crippen molar-refractivity contribution >= 4 is 5.91 Å². The lowest BCUT2D eigenvalue weighted by atomic mass is 9.74. The van der Waals surface area contributed by atoms with E-state index in [1.54, 1.807) is 0 Å². The van der Waals surface area contributed by atoms with Crippen LogP contribution in [0.4, 0.5) is 0 Å². The first-order valence-electron chi connectivity index (χ1n) is 6.20. The highest BCUT2D eigenvalue weighted by Crippen LogP contribution is 2.33. The summed E-state index contributed by atoms with van der Waals surface area (Å²) < 4.78 is 0. The SMILES string of the molecule is Cc1cccc(C2(CN)CCNC(=O)CC2)c1. The lowest BCUT2D eigenvalue weighted by Gasteiger charge is -2.31. The van der Waals surface area contributed by atoms with Crippen LogP contribution in [-0.4, -0.2) is 19.0 Å². The Morgan fingerprint density at radius 1 is 1.41 bits per heavy atom. The monoisotopic (exact) mass is 232 g/mol. The Kier molecular flexibility index (Phi) is 3.48. The van der Waals surface area contributed by atoms with Crippen LogP contribution in [0.5, 0.6) is 0 Å². The van der Waals surface area contributed by atoms with Gasteiger partial charge in [-0.15, -0.1) is 0 Å². The van der Waals surface area contributed by atoms with Gasteiger partial charge in [0.15, 0.2) is 0 Å². The van der Waals surface area contributed by atoms with Crippen molar-refractivity contribution in [2.24, 2.45) is 5.73 Å². The minimum absolute atomic E-state index is 0.0365. The molecule has 1 unspecified atom stereocenters. The highest BCUT2D eigenvalue weighted by molar-refractivity contribution is 5.76. The van der Waals surface area contributed by atoms with E-state index in [4.69, 9.17) is 5.73 Å². The summed E-state index contributed by atoms with van der Waals surface area (Å²) in [5.41, 5.74) is 8.48. The van der Waals surface area contributed by atoms with Crippen molar-refractivity contribution in [1.29, 1.82) is 0 Å². The van der Waals surface area contributed by atoms with Crippen LogP contribution >= 0.6 is 0 Å². The second kappa shape index (κ2) is 4.88. The van der Waals surface area contributed by atoms with Crippen molar-refractivity contribution in [2.75, 3.05) is 13.1 Å². The van der Waals surface area contributed by atoms with Gasteiger partial charge in [0, 0.05) is 24.9 Å². The Morgan fingerprint density at radius 2 is 2.24 bits per heavy atom. The Bertz CT molecular complexity index is 416. The molecule has 3 heteroatoms. The van der Waals surface area contributed by atoms with Crippen molar-refractivity contribution in [3.8, 4) is 0 Å². The van der Waals surface area contributed by atoms with Crippen molar-refractivity contribution in [3.05, 3.63) is 35.4 Å². The van der Waals surface area contributed by atoms with Crippen LogP contribution in [0, 0.1) is 6.92 Å². The standard InChI is InChI=1S/C14H20N2O/c1-11-3-2-4-12(9-11)14(10-15)6-5-13(17)16-8-7-14/h2-4,9H,5-8,10,15H2,1H3,(H,16,17). The Balaban J connectivity index is 2.32. The molecule has 0 bridgehead atoms. The van der Waals surface area contributed by atoms with Crippen molar-refractivity contribution in [3.63, 3.8) is 0 Å². The molecule has 1 saturated heterocycles. The van der Waals surface area contributed by atoms with E-state index in [0.717, 1.165) is 19.4 Å². The lowest BCUT2D eigenvalue weighted by molar-refractivity contribution is -0.120. The van der Waals surface area contributed by atoms with Crippen molar-refractivity contribution < 1.29 is 4.79 Å². The number of benzene rings is 1. The zero-order valence-electron chi connectivity index (χ0n) is 10.3. The Morgan fingerprint density at radius 3 is 2.94 bits per heavy atom. The summed E-state index contributed by atoms with van der Waals surface area (Å²) in [6, 6.07) is 8.49. The predicted octanol–water partition coefficient (Wildman–Crippen LogP) is 1.49. The molecule has 3 nitrogen and oxygen atoms in total. The number of hydrogen-bond donors (Lipinski definition) is 2. The van der Waals surface area contributed by atoms with E-state index in [2.05, 4.69) is 36.5 Å². The number of hydrogen-bond acceptors (Lipinski definition) is 2. The molecule has 0 saturated carbocycles. The fourth-order valence-electron chi connectivity index (χ4n) is 2.59. The van der Waals surface area contributed by atoms with E-state index in [9.17, 15) is 4.79 Å². The van der Waals surface area contributed by atoms with Gasteiger partial charge in [0.05, 0.1) is 0 Å². The third-order valence-electron chi connectivity index (χ3n) is 3.78. The van der Waals surface area contributed by atoms with Gasteiger partial charge >= 0.3 is 0 Å². The van der Waals surface area contributed by atoms with Gasteiger partial charge in [-0.25, -0.2) is 0 Å². The molecular formula is C14H20N2O. The number of carbonyl (C=O) groups excluding carboxylic acids is 1. The van der Waals surface area contributed by atoms with Crippen LogP contribution in [-0.2, 0) is 10.2 Å². The van der Waals surface area contributed by atoms with Crippen LogP contribution in [0.1, 0.15) is 30.4 Å². The molecule has 0 aromatic heterocycles. The molecule has 1 aromatic carbocycles. The van der Waals surface area contributed by atoms with E-state index in [1.807, 2.05) is 0 Å². The van der Waals surface area contributed by atoms with E-state index < -0.39 is 0 Å². The van der Waals surface area contributed by atoms with Gasteiger partial charge in [0.1, 0.15) is 0 Å². The maximum atomic E-state index is 11.4. The van der Waals surface area contributed by atoms with Gasteiger partial charge in [0.2, 0.25) is 5.91 Å². The summed E-state index contributed by atoms with van der Waals surface area (Å²) in [4.78, 5) is 11.4. The first kappa shape index (κ1) is 12.1. The molecule has 0 aliphatic carbocycles. The van der Waals surface area contributed by atoms with Crippen molar-refractivity contribution in [2.45, 2.75) is 31.6 Å². The summed E-state index contributed by atoms with van der Waals surface area (Å²) >= 11 is 0. The molecule has 1 aromatic rings. The first-order chi connectivity index (χ1) is 8.16. The molecule has 17 heavy (non-hydrogen) atoms. The normalized spacial score (nSPS) is 25.2. The molecule has 0 radical (unpaired) electrons. The van der Waals surface area contributed by atoms with Gasteiger partial charge in [-0.1, -0.05) is 29.8 Å². The van der Waals surface area contributed by atoms with Crippen LogP contribution in [0.2, 0.25) is 0 Å². The van der Waals surface area contributed by atoms with E-state index in [0.29, 0.717) is 13.0 Å². The van der Waals surface area contributed by atoms with Gasteiger partial charge in [0.25, 0.3) is 0 Å². The molecule has 3 N–H and O–H groups in total. The first-order valence-corrected chi connectivity index (χ1v) is 6.20. The molecule has 1 atom stereocenters. The minimum Gasteiger partial charge on any atom is -0.356 e. The largest absolute Gasteiger partial charge is 0.356 e. The molecule has 1 aliphatic rings. The van der Waals surface area contributed by atoms with Crippen LogP contribution in [0.25, 0.3) is 0 Å². The molecule has 1 aliphatic heterocycles. The Labute approximate surface area is 102 Å². The molecule has 1 heterocycles. The highest BCUT2D eigenvalue weighted by Gasteiger charge is 2.33. The second-order valence-electron chi connectivity index (χ2n) is 4.95. The molecule has 1 amide bonds. The number of rotatable bonds is 2. The van der Waals surface area contributed by atoms with Gasteiger partial charge in [-0.05, 0) is 25.3 Å². The number of nitrogens with one attached hydrogen (secondary N) is 1. The Hall–Kier alpha value is -1.35. The third kappa shape index (κ3) is 2.50. The van der Waals surface area contributed by atoms with E-state index in [1.165, 1.54) is 11.1 Å². The van der Waals surface area contributed by atoms with Crippen LogP contribution < -0.4 is 11.1 Å². The molecule has 0 spiro atoms. The van der Waals surface area contributed by atoms with Crippen LogP contribution in [0.3, 0.4) is 0 Å². The fourth-order valence-corrected chi connectivity index (χ4v) is 2.59. The quantitative estimate of drug-likeness (QED) is 0.811. The number of amides is 1. The lowest BCUT2D eigenvalue weighted by Crippen LogP contribution is -2.36. The fraction of sp³-hybridized carbons (Fsp3) is 0.500. The third-order valence-corrected chi connectivity index (χ3v) is 3.78.